The summed E-state index contributed by atoms with van der Waals surface area (Å²) in [5, 5.41) is -5.99. The molecule has 0 aromatic carbocycles. The van der Waals surface area contributed by atoms with Crippen molar-refractivity contribution in [3.63, 3.8) is 0 Å². The van der Waals surface area contributed by atoms with E-state index >= 15 is 0 Å². The minimum absolute atomic E-state index is 1.80. The SMILES string of the molecule is O=C(Cl)C(F)C(F)(F)Cl. The number of rotatable bonds is 2. The maximum absolute atomic E-state index is 11.7. The van der Waals surface area contributed by atoms with E-state index in [4.69, 9.17) is 0 Å². The summed E-state index contributed by atoms with van der Waals surface area (Å²) >= 11 is 8.40. The molecule has 1 unspecified atom stereocenters. The summed E-state index contributed by atoms with van der Waals surface area (Å²) in [6.07, 6.45) is -3.12. The third-order valence-corrected chi connectivity index (χ3v) is 0.870. The van der Waals surface area contributed by atoms with E-state index in [1.54, 1.807) is 0 Å². The van der Waals surface area contributed by atoms with Gasteiger partial charge in [0.05, 0.1) is 0 Å². The minimum Gasteiger partial charge on any atom is -0.278 e. The molecule has 0 saturated heterocycles. The first-order valence-corrected chi connectivity index (χ1v) is 2.51. The van der Waals surface area contributed by atoms with Crippen molar-refractivity contribution in [2.45, 2.75) is 11.6 Å². The molecule has 0 heterocycles. The lowest BCUT2D eigenvalue weighted by Crippen LogP contribution is -2.28. The second-order valence-corrected chi connectivity index (χ2v) is 2.08. The van der Waals surface area contributed by atoms with Crippen molar-refractivity contribution >= 4 is 28.4 Å². The maximum Gasteiger partial charge on any atom is 0.360 e. The van der Waals surface area contributed by atoms with Gasteiger partial charge < -0.3 is 0 Å². The van der Waals surface area contributed by atoms with Crippen molar-refractivity contribution < 1.29 is 18.0 Å². The van der Waals surface area contributed by atoms with E-state index < -0.39 is 16.8 Å². The summed E-state index contributed by atoms with van der Waals surface area (Å²) in [7, 11) is 0. The molecule has 6 heteroatoms. The van der Waals surface area contributed by atoms with E-state index in [1.165, 1.54) is 0 Å². The number of alkyl halides is 4. The number of halogens is 5. The van der Waals surface area contributed by atoms with Crippen molar-refractivity contribution in [1.29, 1.82) is 0 Å². The highest BCUT2D eigenvalue weighted by atomic mass is 35.5. The minimum atomic E-state index is -4.20. The highest BCUT2D eigenvalue weighted by Gasteiger charge is 2.42. The molecule has 0 N–H and O–H groups in total. The number of carbonyl (C=O) groups excluding carboxylic acids is 1. The van der Waals surface area contributed by atoms with Crippen molar-refractivity contribution in [2.24, 2.45) is 0 Å². The van der Waals surface area contributed by atoms with Gasteiger partial charge in [-0.1, -0.05) is 0 Å². The molecule has 0 aliphatic rings. The fourth-order valence-electron chi connectivity index (χ4n) is 0.129. The topological polar surface area (TPSA) is 17.1 Å². The third kappa shape index (κ3) is 2.91. The average molecular weight is 181 g/mol. The summed E-state index contributed by atoms with van der Waals surface area (Å²) in [6, 6.07) is 0. The quantitative estimate of drug-likeness (QED) is 0.469. The normalized spacial score (nSPS) is 15.2. The lowest BCUT2D eigenvalue weighted by Gasteiger charge is -2.07. The van der Waals surface area contributed by atoms with E-state index in [1.807, 2.05) is 0 Å². The number of carbonyl (C=O) groups is 1. The van der Waals surface area contributed by atoms with Crippen LogP contribution in [0.2, 0.25) is 0 Å². The Morgan fingerprint density at radius 2 is 1.89 bits per heavy atom. The summed E-state index contributed by atoms with van der Waals surface area (Å²) in [5.74, 6) is 0. The molecule has 0 fully saturated rings. The molecule has 0 aliphatic carbocycles. The van der Waals surface area contributed by atoms with Gasteiger partial charge in [0.15, 0.2) is 0 Å². The fraction of sp³-hybridized carbons (Fsp3) is 0.667. The highest BCUT2D eigenvalue weighted by molar-refractivity contribution is 6.65. The molecule has 0 bridgehead atoms. The van der Waals surface area contributed by atoms with Gasteiger partial charge in [-0.15, -0.1) is 0 Å². The van der Waals surface area contributed by atoms with Gasteiger partial charge in [-0.3, -0.25) is 4.79 Å². The molecule has 0 amide bonds. The summed E-state index contributed by atoms with van der Waals surface area (Å²) in [6.45, 7) is 0. The first kappa shape index (κ1) is 9.04. The van der Waals surface area contributed by atoms with Crippen LogP contribution in [0.25, 0.3) is 0 Å². The Labute approximate surface area is 58.7 Å². The molecule has 54 valence electrons. The standard InChI is InChI=1S/C3HCl2F3O/c4-2(9)1(6)3(5,7)8/h1H. The zero-order valence-electron chi connectivity index (χ0n) is 3.88. The first-order valence-electron chi connectivity index (χ1n) is 1.76. The van der Waals surface area contributed by atoms with Crippen molar-refractivity contribution in [3.8, 4) is 0 Å². The van der Waals surface area contributed by atoms with Crippen LogP contribution in [0.1, 0.15) is 0 Å². The molecule has 0 aromatic heterocycles. The first-order chi connectivity index (χ1) is 3.85. The molecule has 1 nitrogen and oxygen atoms in total. The van der Waals surface area contributed by atoms with Crippen LogP contribution >= 0.6 is 23.2 Å². The van der Waals surface area contributed by atoms with Crippen LogP contribution in [0.15, 0.2) is 0 Å². The van der Waals surface area contributed by atoms with Crippen molar-refractivity contribution in [3.05, 3.63) is 0 Å². The van der Waals surface area contributed by atoms with Gasteiger partial charge in [0.1, 0.15) is 0 Å². The molecule has 0 aliphatic heterocycles. The van der Waals surface area contributed by atoms with Crippen molar-refractivity contribution in [1.82, 2.24) is 0 Å². The predicted octanol–water partition coefficient (Wildman–Crippen LogP) is 1.92. The Kier molecular flexibility index (Phi) is 2.76. The van der Waals surface area contributed by atoms with Crippen LogP contribution in [-0.4, -0.2) is 16.8 Å². The molecular weight excluding hydrogens is 180 g/mol. The summed E-state index contributed by atoms with van der Waals surface area (Å²) in [4.78, 5) is 9.62. The number of hydrogen-bond acceptors (Lipinski definition) is 1. The highest BCUT2D eigenvalue weighted by Crippen LogP contribution is 2.27. The smallest absolute Gasteiger partial charge is 0.278 e. The molecule has 0 radical (unpaired) electrons. The van der Waals surface area contributed by atoms with E-state index in [2.05, 4.69) is 23.2 Å². The Bertz CT molecular complexity index is 121. The second kappa shape index (κ2) is 2.75. The van der Waals surface area contributed by atoms with E-state index in [0.717, 1.165) is 0 Å². The van der Waals surface area contributed by atoms with Crippen LogP contribution < -0.4 is 0 Å². The third-order valence-electron chi connectivity index (χ3n) is 0.487. The Hall–Kier alpha value is 0.0400. The Morgan fingerprint density at radius 3 is 1.89 bits per heavy atom. The predicted molar refractivity (Wildman–Crippen MR) is 26.6 cm³/mol. The molecular formula is C3HCl2F3O. The van der Waals surface area contributed by atoms with Crippen LogP contribution in [0.4, 0.5) is 13.2 Å². The molecule has 0 aromatic rings. The summed E-state index contributed by atoms with van der Waals surface area (Å²) in [5.41, 5.74) is 0. The van der Waals surface area contributed by atoms with Crippen molar-refractivity contribution in [2.75, 3.05) is 0 Å². The van der Waals surface area contributed by atoms with Gasteiger partial charge in [0, 0.05) is 0 Å². The van der Waals surface area contributed by atoms with Crippen LogP contribution in [0.3, 0.4) is 0 Å². The second-order valence-electron chi connectivity index (χ2n) is 1.21. The average Bonchev–Trinajstić information content (AvgIpc) is 1.62. The molecule has 0 rings (SSSR count). The zero-order valence-corrected chi connectivity index (χ0v) is 5.39. The molecule has 9 heavy (non-hydrogen) atoms. The Balaban J connectivity index is 4.04. The van der Waals surface area contributed by atoms with Gasteiger partial charge in [0.25, 0.3) is 11.4 Å². The number of hydrogen-bond donors (Lipinski definition) is 0. The Morgan fingerprint density at radius 1 is 1.56 bits per heavy atom. The van der Waals surface area contributed by atoms with E-state index in [0.29, 0.717) is 0 Å². The largest absolute Gasteiger partial charge is 0.360 e. The van der Waals surface area contributed by atoms with E-state index in [9.17, 15) is 18.0 Å². The fourth-order valence-corrected chi connectivity index (χ4v) is 0.421. The van der Waals surface area contributed by atoms with Crippen LogP contribution in [0, 0.1) is 0 Å². The van der Waals surface area contributed by atoms with Gasteiger partial charge in [-0.25, -0.2) is 4.39 Å². The molecule has 1 atom stereocenters. The van der Waals surface area contributed by atoms with Gasteiger partial charge in [-0.2, -0.15) is 8.78 Å². The van der Waals surface area contributed by atoms with Gasteiger partial charge in [0.2, 0.25) is 0 Å². The van der Waals surface area contributed by atoms with Gasteiger partial charge >= 0.3 is 5.38 Å². The molecule has 0 spiro atoms. The van der Waals surface area contributed by atoms with E-state index in [-0.39, 0.29) is 0 Å². The monoisotopic (exact) mass is 180 g/mol. The lowest BCUT2D eigenvalue weighted by molar-refractivity contribution is -0.123. The summed E-state index contributed by atoms with van der Waals surface area (Å²) < 4.78 is 34.6. The van der Waals surface area contributed by atoms with Gasteiger partial charge in [-0.05, 0) is 23.2 Å². The lowest BCUT2D eigenvalue weighted by atomic mass is 10.4. The van der Waals surface area contributed by atoms with Crippen LogP contribution in [0.5, 0.6) is 0 Å². The van der Waals surface area contributed by atoms with Crippen LogP contribution in [-0.2, 0) is 4.79 Å². The zero-order chi connectivity index (χ0) is 7.65. The maximum atomic E-state index is 11.7. The molecule has 0 saturated carbocycles.